The van der Waals surface area contributed by atoms with E-state index in [1.165, 1.54) is 28.9 Å². The fourth-order valence-corrected chi connectivity index (χ4v) is 2.81. The molecule has 0 radical (unpaired) electrons. The average Bonchev–Trinajstić information content (AvgIpc) is 2.99. The van der Waals surface area contributed by atoms with E-state index in [0.717, 1.165) is 0 Å². The molecule has 0 spiro atoms. The first-order valence-corrected chi connectivity index (χ1v) is 8.37. The Morgan fingerprint density at radius 2 is 1.93 bits per heavy atom. The second-order valence-corrected chi connectivity index (χ2v) is 5.90. The van der Waals surface area contributed by atoms with E-state index in [-0.39, 0.29) is 29.4 Å². The molecule has 0 saturated carbocycles. The number of carbonyl (C=O) groups is 1. The summed E-state index contributed by atoms with van der Waals surface area (Å²) in [7, 11) is 0. The molecule has 9 heteroatoms. The lowest BCUT2D eigenvalue weighted by molar-refractivity contribution is -0.384. The number of nitro benzene ring substituents is 1. The van der Waals surface area contributed by atoms with Crippen LogP contribution in [0, 0.1) is 10.1 Å². The van der Waals surface area contributed by atoms with Crippen LogP contribution < -0.4 is 5.73 Å². The number of esters is 1. The van der Waals surface area contributed by atoms with Gasteiger partial charge >= 0.3 is 5.97 Å². The number of anilines is 1. The zero-order valence-electron chi connectivity index (χ0n) is 14.3. The number of aromatic nitrogens is 2. The number of halogens is 1. The molecule has 0 bridgehead atoms. The van der Waals surface area contributed by atoms with Crippen LogP contribution in [0.1, 0.15) is 17.3 Å². The molecule has 3 aromatic rings. The Kier molecular flexibility index (Phi) is 5.09. The highest BCUT2D eigenvalue weighted by molar-refractivity contribution is 6.33. The van der Waals surface area contributed by atoms with Crippen molar-refractivity contribution in [3.63, 3.8) is 0 Å². The minimum absolute atomic E-state index is 0.0530. The van der Waals surface area contributed by atoms with Gasteiger partial charge in [0.25, 0.3) is 5.69 Å². The summed E-state index contributed by atoms with van der Waals surface area (Å²) in [6.45, 7) is 1.85. The Hall–Kier alpha value is -3.39. The van der Waals surface area contributed by atoms with Crippen molar-refractivity contribution in [2.24, 2.45) is 0 Å². The van der Waals surface area contributed by atoms with Crippen LogP contribution in [0.3, 0.4) is 0 Å². The Labute approximate surface area is 159 Å². The molecule has 0 fully saturated rings. The first kappa shape index (κ1) is 18.4. The molecule has 0 amide bonds. The van der Waals surface area contributed by atoms with Crippen molar-refractivity contribution >= 4 is 29.1 Å². The summed E-state index contributed by atoms with van der Waals surface area (Å²) >= 11 is 6.26. The monoisotopic (exact) mass is 386 g/mol. The molecule has 0 aliphatic rings. The van der Waals surface area contributed by atoms with Crippen LogP contribution in [-0.4, -0.2) is 27.3 Å². The van der Waals surface area contributed by atoms with Gasteiger partial charge < -0.3 is 10.5 Å². The summed E-state index contributed by atoms with van der Waals surface area (Å²) in [5.74, 6) is -0.574. The quantitative estimate of drug-likeness (QED) is 0.404. The molecule has 0 atom stereocenters. The van der Waals surface area contributed by atoms with Gasteiger partial charge in [0.2, 0.25) is 0 Å². The molecule has 138 valence electrons. The number of nitrogen functional groups attached to an aromatic ring is 1. The fourth-order valence-electron chi connectivity index (χ4n) is 2.59. The maximum atomic E-state index is 12.5. The van der Waals surface area contributed by atoms with Gasteiger partial charge in [-0.05, 0) is 25.1 Å². The van der Waals surface area contributed by atoms with E-state index in [1.54, 1.807) is 31.2 Å². The van der Waals surface area contributed by atoms with E-state index in [2.05, 4.69) is 5.10 Å². The zero-order chi connectivity index (χ0) is 19.6. The molecule has 1 heterocycles. The van der Waals surface area contributed by atoms with Crippen LogP contribution in [-0.2, 0) is 4.74 Å². The largest absolute Gasteiger partial charge is 0.462 e. The van der Waals surface area contributed by atoms with Crippen molar-refractivity contribution in [1.82, 2.24) is 9.78 Å². The van der Waals surface area contributed by atoms with Gasteiger partial charge in [0.15, 0.2) is 0 Å². The topological polar surface area (TPSA) is 113 Å². The number of nitrogens with zero attached hydrogens (tertiary/aromatic N) is 3. The number of benzene rings is 2. The molecule has 0 aliphatic heterocycles. The number of hydrogen-bond acceptors (Lipinski definition) is 6. The third-order valence-corrected chi connectivity index (χ3v) is 4.16. The Morgan fingerprint density at radius 3 is 2.52 bits per heavy atom. The van der Waals surface area contributed by atoms with E-state index in [1.807, 2.05) is 0 Å². The Bertz CT molecular complexity index is 1010. The van der Waals surface area contributed by atoms with Gasteiger partial charge in [0, 0.05) is 17.7 Å². The van der Waals surface area contributed by atoms with Gasteiger partial charge in [-0.15, -0.1) is 0 Å². The molecule has 1 aromatic heterocycles. The van der Waals surface area contributed by atoms with Crippen molar-refractivity contribution < 1.29 is 14.5 Å². The second kappa shape index (κ2) is 7.46. The van der Waals surface area contributed by atoms with Crippen molar-refractivity contribution in [2.75, 3.05) is 12.3 Å². The first-order valence-electron chi connectivity index (χ1n) is 7.99. The highest BCUT2D eigenvalue weighted by atomic mass is 35.5. The molecule has 2 N–H and O–H groups in total. The van der Waals surface area contributed by atoms with Crippen LogP contribution in [0.15, 0.2) is 48.5 Å². The smallest absolute Gasteiger partial charge is 0.344 e. The van der Waals surface area contributed by atoms with Crippen LogP contribution in [0.5, 0.6) is 0 Å². The summed E-state index contributed by atoms with van der Waals surface area (Å²) in [5, 5.41) is 15.7. The van der Waals surface area contributed by atoms with E-state index in [0.29, 0.717) is 16.3 Å². The Morgan fingerprint density at radius 1 is 1.26 bits per heavy atom. The number of rotatable bonds is 5. The van der Waals surface area contributed by atoms with E-state index < -0.39 is 10.9 Å². The maximum Gasteiger partial charge on any atom is 0.344 e. The van der Waals surface area contributed by atoms with Gasteiger partial charge in [0.1, 0.15) is 17.1 Å². The number of nitrogens with two attached hydrogens (primary N) is 1. The third-order valence-electron chi connectivity index (χ3n) is 3.83. The summed E-state index contributed by atoms with van der Waals surface area (Å²) in [6, 6.07) is 12.6. The van der Waals surface area contributed by atoms with E-state index in [9.17, 15) is 14.9 Å². The standard InChI is InChI=1S/C18H15ClN4O4/c1-2-27-18(24)15-16(13-5-3-4-6-14(13)19)21-22(17(15)20)11-7-9-12(10-8-11)23(25)26/h3-10H,2,20H2,1H3. The third kappa shape index (κ3) is 3.47. The molecular formula is C18H15ClN4O4. The van der Waals surface area contributed by atoms with Crippen LogP contribution in [0.25, 0.3) is 16.9 Å². The van der Waals surface area contributed by atoms with Gasteiger partial charge in [-0.25, -0.2) is 9.48 Å². The highest BCUT2D eigenvalue weighted by Crippen LogP contribution is 2.34. The summed E-state index contributed by atoms with van der Waals surface area (Å²) in [6.07, 6.45) is 0. The molecule has 8 nitrogen and oxygen atoms in total. The normalized spacial score (nSPS) is 10.6. The lowest BCUT2D eigenvalue weighted by atomic mass is 10.1. The molecule has 3 rings (SSSR count). The zero-order valence-corrected chi connectivity index (χ0v) is 15.0. The number of ether oxygens (including phenoxy) is 1. The van der Waals surface area contributed by atoms with E-state index >= 15 is 0 Å². The van der Waals surface area contributed by atoms with E-state index in [4.69, 9.17) is 22.1 Å². The molecular weight excluding hydrogens is 372 g/mol. The lowest BCUT2D eigenvalue weighted by Gasteiger charge is -2.05. The maximum absolute atomic E-state index is 12.5. The van der Waals surface area contributed by atoms with Crippen molar-refractivity contribution in [2.45, 2.75) is 6.92 Å². The molecule has 27 heavy (non-hydrogen) atoms. The Balaban J connectivity index is 2.19. The molecule has 0 unspecified atom stereocenters. The van der Waals surface area contributed by atoms with Crippen molar-refractivity contribution in [1.29, 1.82) is 0 Å². The van der Waals surface area contributed by atoms with Gasteiger partial charge in [-0.1, -0.05) is 29.8 Å². The van der Waals surface area contributed by atoms with Crippen molar-refractivity contribution in [3.05, 3.63) is 69.2 Å². The average molecular weight is 387 g/mol. The fraction of sp³-hybridized carbons (Fsp3) is 0.111. The summed E-state index contributed by atoms with van der Waals surface area (Å²) in [5.41, 5.74) is 7.45. The predicted octanol–water partition coefficient (Wildman–Crippen LogP) is 3.86. The molecule has 2 aromatic carbocycles. The van der Waals surface area contributed by atoms with Crippen LogP contribution in [0.2, 0.25) is 5.02 Å². The summed E-state index contributed by atoms with van der Waals surface area (Å²) < 4.78 is 6.43. The van der Waals surface area contributed by atoms with Crippen molar-refractivity contribution in [3.8, 4) is 16.9 Å². The number of non-ortho nitro benzene ring substituents is 1. The molecule has 0 saturated heterocycles. The lowest BCUT2D eigenvalue weighted by Crippen LogP contribution is -2.09. The first-order chi connectivity index (χ1) is 12.9. The number of carbonyl (C=O) groups excluding carboxylic acids is 1. The highest BCUT2D eigenvalue weighted by Gasteiger charge is 2.26. The van der Waals surface area contributed by atoms with Gasteiger partial charge in [0.05, 0.1) is 22.2 Å². The molecule has 0 aliphatic carbocycles. The number of nitro groups is 1. The van der Waals surface area contributed by atoms with Gasteiger partial charge in [-0.2, -0.15) is 5.10 Å². The van der Waals surface area contributed by atoms with Gasteiger partial charge in [-0.3, -0.25) is 10.1 Å². The minimum Gasteiger partial charge on any atom is -0.462 e. The van der Waals surface area contributed by atoms with Crippen LogP contribution >= 0.6 is 11.6 Å². The summed E-state index contributed by atoms with van der Waals surface area (Å²) in [4.78, 5) is 22.8. The predicted molar refractivity (Wildman–Crippen MR) is 101 cm³/mol. The number of hydrogen-bond donors (Lipinski definition) is 1. The minimum atomic E-state index is -0.627. The van der Waals surface area contributed by atoms with Crippen LogP contribution in [0.4, 0.5) is 11.5 Å². The second-order valence-electron chi connectivity index (χ2n) is 5.49. The SMILES string of the molecule is CCOC(=O)c1c(-c2ccccc2Cl)nn(-c2ccc([N+](=O)[O-])cc2)c1N.